The third-order valence-corrected chi connectivity index (χ3v) is 3.86. The maximum atomic E-state index is 12.2. The van der Waals surface area contributed by atoms with Crippen LogP contribution in [-0.2, 0) is 4.79 Å². The number of hydrogen-bond acceptors (Lipinski definition) is 4. The maximum Gasteiger partial charge on any atom is 0.262 e. The van der Waals surface area contributed by atoms with Gasteiger partial charge in [-0.15, -0.1) is 0 Å². The summed E-state index contributed by atoms with van der Waals surface area (Å²) >= 11 is 0. The number of amides is 1. The van der Waals surface area contributed by atoms with Gasteiger partial charge in [-0.1, -0.05) is 50.2 Å². The first-order valence-corrected chi connectivity index (χ1v) is 8.33. The van der Waals surface area contributed by atoms with Gasteiger partial charge in [-0.05, 0) is 36.1 Å². The van der Waals surface area contributed by atoms with Gasteiger partial charge in [0.15, 0.2) is 0 Å². The maximum absolute atomic E-state index is 12.2. The van der Waals surface area contributed by atoms with Crippen molar-refractivity contribution < 1.29 is 9.53 Å². The summed E-state index contributed by atoms with van der Waals surface area (Å²) in [6, 6.07) is 15.1. The Kier molecular flexibility index (Phi) is 6.57. The number of hydrogen-bond donors (Lipinski definition) is 2. The van der Waals surface area contributed by atoms with Crippen molar-refractivity contribution in [1.29, 1.82) is 0 Å². The fraction of sp³-hybridized carbons (Fsp3) is 0.300. The van der Waals surface area contributed by atoms with Crippen LogP contribution in [0.5, 0.6) is 5.75 Å². The highest BCUT2D eigenvalue weighted by Crippen LogP contribution is 2.23. The summed E-state index contributed by atoms with van der Waals surface area (Å²) in [6.07, 6.45) is 1.64. The van der Waals surface area contributed by atoms with Gasteiger partial charge in [0.2, 0.25) is 0 Å². The van der Waals surface area contributed by atoms with Gasteiger partial charge in [-0.2, -0.15) is 5.10 Å². The first-order chi connectivity index (χ1) is 12.0. The molecule has 132 valence electrons. The van der Waals surface area contributed by atoms with Crippen LogP contribution >= 0.6 is 0 Å². The molecule has 5 heteroatoms. The summed E-state index contributed by atoms with van der Waals surface area (Å²) in [7, 11) is 1.60. The number of carbonyl (C=O) groups is 1. The Morgan fingerprint density at radius 1 is 1.08 bits per heavy atom. The van der Waals surface area contributed by atoms with E-state index in [9.17, 15) is 4.79 Å². The molecule has 0 aliphatic carbocycles. The van der Waals surface area contributed by atoms with Crippen LogP contribution in [0, 0.1) is 0 Å². The normalized spacial score (nSPS) is 12.2. The van der Waals surface area contributed by atoms with Gasteiger partial charge in [0, 0.05) is 0 Å². The third-order valence-electron chi connectivity index (χ3n) is 3.86. The quantitative estimate of drug-likeness (QED) is 0.596. The van der Waals surface area contributed by atoms with Crippen molar-refractivity contribution in [2.45, 2.75) is 32.7 Å². The molecule has 1 unspecified atom stereocenters. The largest absolute Gasteiger partial charge is 0.495 e. The molecule has 0 bridgehead atoms. The summed E-state index contributed by atoms with van der Waals surface area (Å²) in [5.41, 5.74) is 5.53. The number of hydrazone groups is 1. The van der Waals surface area contributed by atoms with Crippen LogP contribution in [0.3, 0.4) is 0 Å². The number of carbonyl (C=O) groups excluding carboxylic acids is 1. The van der Waals surface area contributed by atoms with Gasteiger partial charge in [-0.3, -0.25) is 4.79 Å². The number of nitrogens with one attached hydrogen (secondary N) is 2. The summed E-state index contributed by atoms with van der Waals surface area (Å²) in [5, 5.41) is 7.14. The number of anilines is 1. The van der Waals surface area contributed by atoms with E-state index >= 15 is 0 Å². The predicted molar refractivity (Wildman–Crippen MR) is 102 cm³/mol. The van der Waals surface area contributed by atoms with E-state index in [2.05, 4.69) is 41.8 Å². The summed E-state index contributed by atoms with van der Waals surface area (Å²) in [5.74, 6) is 0.962. The van der Waals surface area contributed by atoms with Crippen molar-refractivity contribution in [2.75, 3.05) is 12.4 Å². The fourth-order valence-corrected chi connectivity index (χ4v) is 2.30. The molecular weight excluding hydrogens is 314 g/mol. The first kappa shape index (κ1) is 18.5. The van der Waals surface area contributed by atoms with Gasteiger partial charge in [-0.25, -0.2) is 5.43 Å². The number of nitrogens with zero attached hydrogens (tertiary/aromatic N) is 1. The molecule has 2 aromatic rings. The lowest BCUT2D eigenvalue weighted by molar-refractivity contribution is -0.121. The van der Waals surface area contributed by atoms with Crippen molar-refractivity contribution in [3.8, 4) is 5.75 Å². The zero-order valence-corrected chi connectivity index (χ0v) is 15.1. The SMILES string of the molecule is COc1ccccc1NC(C)C(=O)N/N=C/c1ccc(C(C)C)cc1. The highest BCUT2D eigenvalue weighted by atomic mass is 16.5. The molecule has 0 radical (unpaired) electrons. The Labute approximate surface area is 149 Å². The molecule has 0 spiro atoms. The molecule has 5 nitrogen and oxygen atoms in total. The lowest BCUT2D eigenvalue weighted by atomic mass is 10.0. The molecule has 25 heavy (non-hydrogen) atoms. The lowest BCUT2D eigenvalue weighted by Crippen LogP contribution is -2.35. The zero-order valence-electron chi connectivity index (χ0n) is 15.1. The molecule has 1 amide bonds. The van der Waals surface area contributed by atoms with Crippen molar-refractivity contribution in [3.63, 3.8) is 0 Å². The van der Waals surface area contributed by atoms with Gasteiger partial charge >= 0.3 is 0 Å². The van der Waals surface area contributed by atoms with E-state index < -0.39 is 6.04 Å². The van der Waals surface area contributed by atoms with Crippen LogP contribution in [0.25, 0.3) is 0 Å². The molecule has 1 atom stereocenters. The summed E-state index contributed by atoms with van der Waals surface area (Å²) in [6.45, 7) is 6.08. The number of ether oxygens (including phenoxy) is 1. The average molecular weight is 339 g/mol. The number of rotatable bonds is 7. The number of methoxy groups -OCH3 is 1. The summed E-state index contributed by atoms with van der Waals surface area (Å²) in [4.78, 5) is 12.2. The van der Waals surface area contributed by atoms with E-state index in [1.54, 1.807) is 20.2 Å². The minimum absolute atomic E-state index is 0.221. The molecule has 0 aliphatic heterocycles. The van der Waals surface area contributed by atoms with Crippen molar-refractivity contribution in [3.05, 3.63) is 59.7 Å². The molecule has 0 fully saturated rings. The van der Waals surface area contributed by atoms with E-state index in [1.165, 1.54) is 5.56 Å². The second-order valence-electron chi connectivity index (χ2n) is 6.12. The number of benzene rings is 2. The van der Waals surface area contributed by atoms with Crippen molar-refractivity contribution in [2.24, 2.45) is 5.10 Å². The minimum Gasteiger partial charge on any atom is -0.495 e. The van der Waals surface area contributed by atoms with Crippen molar-refractivity contribution >= 4 is 17.8 Å². The van der Waals surface area contributed by atoms with Gasteiger partial charge in [0.05, 0.1) is 19.0 Å². The fourth-order valence-electron chi connectivity index (χ4n) is 2.30. The average Bonchev–Trinajstić information content (AvgIpc) is 2.62. The topological polar surface area (TPSA) is 62.7 Å². The third kappa shape index (κ3) is 5.35. The Bertz CT molecular complexity index is 724. The van der Waals surface area contributed by atoms with E-state index in [1.807, 2.05) is 36.4 Å². The zero-order chi connectivity index (χ0) is 18.2. The van der Waals surface area contributed by atoms with Crippen LogP contribution in [0.2, 0.25) is 0 Å². The standard InChI is InChI=1S/C20H25N3O2/c1-14(2)17-11-9-16(10-12-17)13-21-23-20(24)15(3)22-18-7-5-6-8-19(18)25-4/h5-15,22H,1-4H3,(H,23,24)/b21-13+. The van der Waals surface area contributed by atoms with E-state index in [-0.39, 0.29) is 5.91 Å². The highest BCUT2D eigenvalue weighted by molar-refractivity contribution is 5.86. The van der Waals surface area contributed by atoms with Gasteiger partial charge < -0.3 is 10.1 Å². The lowest BCUT2D eigenvalue weighted by Gasteiger charge is -2.15. The van der Waals surface area contributed by atoms with Crippen LogP contribution in [0.15, 0.2) is 53.6 Å². The molecule has 0 aliphatic rings. The molecule has 2 N–H and O–H groups in total. The Morgan fingerprint density at radius 2 is 1.76 bits per heavy atom. The monoisotopic (exact) mass is 339 g/mol. The molecule has 2 aromatic carbocycles. The molecule has 0 aromatic heterocycles. The molecule has 0 saturated carbocycles. The van der Waals surface area contributed by atoms with E-state index in [4.69, 9.17) is 4.74 Å². The second-order valence-corrected chi connectivity index (χ2v) is 6.12. The summed E-state index contributed by atoms with van der Waals surface area (Å²) < 4.78 is 5.27. The predicted octanol–water partition coefficient (Wildman–Crippen LogP) is 3.77. The van der Waals surface area contributed by atoms with Crippen LogP contribution in [-0.4, -0.2) is 25.3 Å². The highest BCUT2D eigenvalue weighted by Gasteiger charge is 2.13. The first-order valence-electron chi connectivity index (χ1n) is 8.33. The van der Waals surface area contributed by atoms with Crippen LogP contribution in [0.1, 0.15) is 37.8 Å². The smallest absolute Gasteiger partial charge is 0.262 e. The van der Waals surface area contributed by atoms with Crippen LogP contribution < -0.4 is 15.5 Å². The second kappa shape index (κ2) is 8.87. The van der Waals surface area contributed by atoms with E-state index in [0.29, 0.717) is 11.7 Å². The Hall–Kier alpha value is -2.82. The molecule has 0 heterocycles. The van der Waals surface area contributed by atoms with Gasteiger partial charge in [0.1, 0.15) is 11.8 Å². The molecule has 0 saturated heterocycles. The van der Waals surface area contributed by atoms with Gasteiger partial charge in [0.25, 0.3) is 5.91 Å². The Balaban J connectivity index is 1.90. The number of para-hydroxylation sites is 2. The molecular formula is C20H25N3O2. The van der Waals surface area contributed by atoms with E-state index in [0.717, 1.165) is 11.3 Å². The van der Waals surface area contributed by atoms with Crippen molar-refractivity contribution in [1.82, 2.24) is 5.43 Å². The minimum atomic E-state index is -0.447. The molecule has 2 rings (SSSR count). The Morgan fingerprint density at radius 3 is 2.40 bits per heavy atom. The van der Waals surface area contributed by atoms with Crippen LogP contribution in [0.4, 0.5) is 5.69 Å².